The van der Waals surface area contributed by atoms with Crippen molar-refractivity contribution in [2.75, 3.05) is 12.1 Å². The first-order valence-electron chi connectivity index (χ1n) is 6.11. The monoisotopic (exact) mass is 337 g/mol. The fraction of sp³-hybridized carbons (Fsp3) is 0.417. The number of hydrogen-bond donors (Lipinski definition) is 2. The molecule has 10 heteroatoms. The minimum Gasteiger partial charge on any atom is -0.481 e. The van der Waals surface area contributed by atoms with E-state index in [-0.39, 0.29) is 17.3 Å². The standard InChI is InChI=1S/C12H11ClF3N3O3/c1-19(18-10(20)6-3-7(6)11(21)22)9-8(13)2-5(4-17-9)12(14,15)16/h2,4,6-7H,3H2,1H3,(H,18,20)(H,21,22)/t6-,7-/m1/s1. The van der Waals surface area contributed by atoms with Gasteiger partial charge in [0.15, 0.2) is 5.82 Å². The Kier molecular flexibility index (Phi) is 4.19. The zero-order chi connectivity index (χ0) is 16.7. The maximum absolute atomic E-state index is 12.5. The number of carboxylic acids is 1. The highest BCUT2D eigenvalue weighted by atomic mass is 35.5. The Labute approximate surface area is 127 Å². The van der Waals surface area contributed by atoms with Crippen LogP contribution in [0, 0.1) is 11.8 Å². The molecular weight excluding hydrogens is 327 g/mol. The number of alkyl halides is 3. The SMILES string of the molecule is CN(NC(=O)[C@@H]1C[C@H]1C(=O)O)c1ncc(C(F)(F)F)cc1Cl. The topological polar surface area (TPSA) is 82.5 Å². The van der Waals surface area contributed by atoms with Crippen LogP contribution in [0.3, 0.4) is 0 Å². The van der Waals surface area contributed by atoms with Crippen molar-refractivity contribution in [3.63, 3.8) is 0 Å². The maximum Gasteiger partial charge on any atom is 0.417 e. The summed E-state index contributed by atoms with van der Waals surface area (Å²) in [7, 11) is 1.34. The number of hydrogen-bond acceptors (Lipinski definition) is 4. The van der Waals surface area contributed by atoms with Gasteiger partial charge in [-0.1, -0.05) is 11.6 Å². The lowest BCUT2D eigenvalue weighted by atomic mass is 10.3. The van der Waals surface area contributed by atoms with Gasteiger partial charge in [0, 0.05) is 13.2 Å². The molecule has 0 saturated heterocycles. The lowest BCUT2D eigenvalue weighted by Crippen LogP contribution is -2.41. The molecular formula is C12H11ClF3N3O3. The van der Waals surface area contributed by atoms with E-state index in [9.17, 15) is 22.8 Å². The van der Waals surface area contributed by atoms with Crippen LogP contribution >= 0.6 is 11.6 Å². The van der Waals surface area contributed by atoms with Crippen molar-refractivity contribution < 1.29 is 27.9 Å². The van der Waals surface area contributed by atoms with Crippen LogP contribution < -0.4 is 10.4 Å². The van der Waals surface area contributed by atoms with E-state index < -0.39 is 35.5 Å². The summed E-state index contributed by atoms with van der Waals surface area (Å²) < 4.78 is 37.5. The summed E-state index contributed by atoms with van der Waals surface area (Å²) in [4.78, 5) is 26.0. The molecule has 0 unspecified atom stereocenters. The zero-order valence-corrected chi connectivity index (χ0v) is 11.9. The summed E-state index contributed by atoms with van der Waals surface area (Å²) in [5.74, 6) is -3.07. The van der Waals surface area contributed by atoms with E-state index in [4.69, 9.17) is 16.7 Å². The number of halogens is 4. The van der Waals surface area contributed by atoms with Gasteiger partial charge in [0.1, 0.15) is 0 Å². The third-order valence-electron chi connectivity index (χ3n) is 3.19. The number of pyridine rings is 1. The quantitative estimate of drug-likeness (QED) is 0.821. The zero-order valence-electron chi connectivity index (χ0n) is 11.2. The second kappa shape index (κ2) is 5.64. The molecule has 1 aromatic rings. The number of nitrogens with zero attached hydrogens (tertiary/aromatic N) is 2. The molecule has 0 aromatic carbocycles. The molecule has 2 N–H and O–H groups in total. The van der Waals surface area contributed by atoms with Crippen molar-refractivity contribution in [2.24, 2.45) is 11.8 Å². The maximum atomic E-state index is 12.5. The molecule has 1 aromatic heterocycles. The summed E-state index contributed by atoms with van der Waals surface area (Å²) in [5.41, 5.74) is 1.34. The number of aliphatic carboxylic acids is 1. The van der Waals surface area contributed by atoms with Crippen LogP contribution in [0.4, 0.5) is 19.0 Å². The third kappa shape index (κ3) is 3.41. The van der Waals surface area contributed by atoms with E-state index in [2.05, 4.69) is 10.4 Å². The number of anilines is 1. The fourth-order valence-electron chi connectivity index (χ4n) is 1.89. The van der Waals surface area contributed by atoms with Crippen molar-refractivity contribution in [1.29, 1.82) is 0 Å². The van der Waals surface area contributed by atoms with Gasteiger partial charge in [-0.05, 0) is 12.5 Å². The first kappa shape index (κ1) is 16.3. The van der Waals surface area contributed by atoms with Gasteiger partial charge in [0.05, 0.1) is 22.4 Å². The Morgan fingerprint density at radius 3 is 2.55 bits per heavy atom. The van der Waals surface area contributed by atoms with Crippen molar-refractivity contribution in [2.45, 2.75) is 12.6 Å². The number of carbonyl (C=O) groups is 2. The number of hydrazine groups is 1. The van der Waals surface area contributed by atoms with Crippen LogP contribution in [-0.4, -0.2) is 29.0 Å². The normalized spacial score (nSPS) is 20.4. The van der Waals surface area contributed by atoms with Gasteiger partial charge in [-0.2, -0.15) is 13.2 Å². The molecule has 1 aliphatic carbocycles. The largest absolute Gasteiger partial charge is 0.481 e. The van der Waals surface area contributed by atoms with Gasteiger partial charge in [0.25, 0.3) is 0 Å². The minimum atomic E-state index is -4.57. The Morgan fingerprint density at radius 2 is 2.09 bits per heavy atom. The van der Waals surface area contributed by atoms with E-state index in [0.29, 0.717) is 12.3 Å². The van der Waals surface area contributed by atoms with E-state index in [0.717, 1.165) is 5.01 Å². The lowest BCUT2D eigenvalue weighted by molar-refractivity contribution is -0.140. The molecule has 2 atom stereocenters. The minimum absolute atomic E-state index is 0.0736. The highest BCUT2D eigenvalue weighted by Crippen LogP contribution is 2.39. The van der Waals surface area contributed by atoms with Crippen LogP contribution in [0.25, 0.3) is 0 Å². The summed E-state index contributed by atoms with van der Waals surface area (Å²) in [6.45, 7) is 0. The van der Waals surface area contributed by atoms with Crippen molar-refractivity contribution in [1.82, 2.24) is 10.4 Å². The number of carboxylic acid groups (broad SMARTS) is 1. The molecule has 6 nitrogen and oxygen atoms in total. The number of carbonyl (C=O) groups excluding carboxylic acids is 1. The summed E-state index contributed by atoms with van der Waals surface area (Å²) in [6.07, 6.45) is -3.75. The van der Waals surface area contributed by atoms with Crippen molar-refractivity contribution in [3.05, 3.63) is 22.8 Å². The summed E-state index contributed by atoms with van der Waals surface area (Å²) >= 11 is 5.74. The number of nitrogens with one attached hydrogen (secondary N) is 1. The molecule has 1 amide bonds. The summed E-state index contributed by atoms with van der Waals surface area (Å²) in [5, 5.41) is 9.51. The van der Waals surface area contributed by atoms with Crippen LogP contribution in [0.1, 0.15) is 12.0 Å². The van der Waals surface area contributed by atoms with Crippen LogP contribution in [0.5, 0.6) is 0 Å². The average Bonchev–Trinajstić information content (AvgIpc) is 3.17. The highest BCUT2D eigenvalue weighted by molar-refractivity contribution is 6.33. The van der Waals surface area contributed by atoms with E-state index in [1.165, 1.54) is 7.05 Å². The number of aromatic nitrogens is 1. The molecule has 0 aliphatic heterocycles. The molecule has 1 fully saturated rings. The van der Waals surface area contributed by atoms with E-state index in [1.54, 1.807) is 0 Å². The second-order valence-corrected chi connectivity index (χ2v) is 5.26. The molecule has 0 spiro atoms. The predicted molar refractivity (Wildman–Crippen MR) is 70.0 cm³/mol. The molecule has 22 heavy (non-hydrogen) atoms. The Morgan fingerprint density at radius 1 is 1.45 bits per heavy atom. The fourth-order valence-corrected chi connectivity index (χ4v) is 2.18. The van der Waals surface area contributed by atoms with Gasteiger partial charge in [-0.25, -0.2) is 4.98 Å². The Bertz CT molecular complexity index is 623. The van der Waals surface area contributed by atoms with Crippen molar-refractivity contribution in [3.8, 4) is 0 Å². The molecule has 1 saturated carbocycles. The molecule has 1 heterocycles. The third-order valence-corrected chi connectivity index (χ3v) is 3.47. The number of amides is 1. The molecule has 1 aliphatic rings. The number of rotatable bonds is 4. The van der Waals surface area contributed by atoms with E-state index >= 15 is 0 Å². The molecule has 120 valence electrons. The van der Waals surface area contributed by atoms with Gasteiger partial charge in [-0.3, -0.25) is 20.0 Å². The predicted octanol–water partition coefficient (Wildman–Crippen LogP) is 1.94. The first-order valence-corrected chi connectivity index (χ1v) is 6.49. The van der Waals surface area contributed by atoms with E-state index in [1.807, 2.05) is 0 Å². The van der Waals surface area contributed by atoms with Gasteiger partial charge in [0.2, 0.25) is 5.91 Å². The second-order valence-electron chi connectivity index (χ2n) is 4.85. The van der Waals surface area contributed by atoms with Crippen LogP contribution in [0.15, 0.2) is 12.3 Å². The van der Waals surface area contributed by atoms with Gasteiger partial charge in [-0.15, -0.1) is 0 Å². The smallest absolute Gasteiger partial charge is 0.417 e. The lowest BCUT2D eigenvalue weighted by Gasteiger charge is -2.20. The highest BCUT2D eigenvalue weighted by Gasteiger charge is 2.48. The molecule has 0 bridgehead atoms. The van der Waals surface area contributed by atoms with Crippen LogP contribution in [0.2, 0.25) is 5.02 Å². The Balaban J connectivity index is 2.06. The molecule has 0 radical (unpaired) electrons. The average molecular weight is 338 g/mol. The molecule has 2 rings (SSSR count). The van der Waals surface area contributed by atoms with Crippen LogP contribution in [-0.2, 0) is 15.8 Å². The first-order chi connectivity index (χ1) is 10.1. The Hall–Kier alpha value is -2.03. The van der Waals surface area contributed by atoms with Crippen molar-refractivity contribution >= 4 is 29.3 Å². The summed E-state index contributed by atoms with van der Waals surface area (Å²) in [6, 6.07) is 0.698. The van der Waals surface area contributed by atoms with Gasteiger partial charge < -0.3 is 5.11 Å². The van der Waals surface area contributed by atoms with Gasteiger partial charge >= 0.3 is 12.1 Å².